The Balaban J connectivity index is 1.44. The third-order valence-corrected chi connectivity index (χ3v) is 4.97. The van der Waals surface area contributed by atoms with Crippen LogP contribution in [0.4, 0.5) is 0 Å². The Morgan fingerprint density at radius 2 is 1.75 bits per heavy atom. The SMILES string of the molecule is C=CC(=O)OCCCCCCOc1ccc2c(c1)C=C(c1ccccc1)CC2. The summed E-state index contributed by atoms with van der Waals surface area (Å²) in [6.07, 6.45) is 9.63. The van der Waals surface area contributed by atoms with E-state index < -0.39 is 0 Å². The van der Waals surface area contributed by atoms with E-state index in [1.165, 1.54) is 28.3 Å². The molecule has 0 amide bonds. The molecule has 3 nitrogen and oxygen atoms in total. The molecule has 0 aromatic heterocycles. The first-order valence-electron chi connectivity index (χ1n) is 10.1. The van der Waals surface area contributed by atoms with Crippen LogP contribution in [0.3, 0.4) is 0 Å². The topological polar surface area (TPSA) is 35.5 Å². The van der Waals surface area contributed by atoms with E-state index >= 15 is 0 Å². The van der Waals surface area contributed by atoms with Gasteiger partial charge in [-0.3, -0.25) is 0 Å². The number of fused-ring (bicyclic) bond motifs is 1. The molecule has 0 saturated carbocycles. The Morgan fingerprint density at radius 1 is 0.964 bits per heavy atom. The highest BCUT2D eigenvalue weighted by Crippen LogP contribution is 2.32. The summed E-state index contributed by atoms with van der Waals surface area (Å²) in [6.45, 7) is 4.55. The molecule has 28 heavy (non-hydrogen) atoms. The molecule has 0 aliphatic heterocycles. The fourth-order valence-corrected chi connectivity index (χ4v) is 3.41. The zero-order valence-corrected chi connectivity index (χ0v) is 16.4. The second-order valence-electron chi connectivity index (χ2n) is 7.03. The number of unbranched alkanes of at least 4 members (excludes halogenated alkanes) is 3. The van der Waals surface area contributed by atoms with Crippen molar-refractivity contribution >= 4 is 17.6 Å². The molecule has 2 aromatic rings. The van der Waals surface area contributed by atoms with Crippen molar-refractivity contribution in [2.45, 2.75) is 38.5 Å². The highest BCUT2D eigenvalue weighted by Gasteiger charge is 2.12. The van der Waals surface area contributed by atoms with Gasteiger partial charge in [0.25, 0.3) is 0 Å². The lowest BCUT2D eigenvalue weighted by atomic mass is 9.88. The minimum atomic E-state index is -0.347. The maximum absolute atomic E-state index is 10.9. The quantitative estimate of drug-likeness (QED) is 0.297. The van der Waals surface area contributed by atoms with Crippen molar-refractivity contribution in [2.75, 3.05) is 13.2 Å². The Bertz CT molecular complexity index is 821. The van der Waals surface area contributed by atoms with Gasteiger partial charge in [-0.15, -0.1) is 0 Å². The number of hydrogen-bond donors (Lipinski definition) is 0. The molecule has 2 aromatic carbocycles. The predicted octanol–water partition coefficient (Wildman–Crippen LogP) is 5.84. The summed E-state index contributed by atoms with van der Waals surface area (Å²) in [7, 11) is 0. The minimum absolute atomic E-state index is 0.347. The van der Waals surface area contributed by atoms with E-state index in [1.54, 1.807) is 0 Å². The zero-order chi connectivity index (χ0) is 19.6. The van der Waals surface area contributed by atoms with Crippen LogP contribution in [0.15, 0.2) is 61.2 Å². The van der Waals surface area contributed by atoms with E-state index in [-0.39, 0.29) is 5.97 Å². The third-order valence-electron chi connectivity index (χ3n) is 4.97. The second-order valence-corrected chi connectivity index (χ2v) is 7.03. The first-order chi connectivity index (χ1) is 13.8. The molecule has 146 valence electrons. The number of carbonyl (C=O) groups excluding carboxylic acids is 1. The number of benzene rings is 2. The number of carbonyl (C=O) groups is 1. The summed E-state index contributed by atoms with van der Waals surface area (Å²) in [4.78, 5) is 10.9. The van der Waals surface area contributed by atoms with Crippen molar-refractivity contribution in [1.29, 1.82) is 0 Å². The molecule has 0 fully saturated rings. The lowest BCUT2D eigenvalue weighted by molar-refractivity contribution is -0.137. The van der Waals surface area contributed by atoms with Crippen molar-refractivity contribution in [3.8, 4) is 5.75 Å². The van der Waals surface area contributed by atoms with Crippen LogP contribution < -0.4 is 4.74 Å². The van der Waals surface area contributed by atoms with Gasteiger partial charge in [0.05, 0.1) is 13.2 Å². The lowest BCUT2D eigenvalue weighted by Crippen LogP contribution is -2.03. The molecule has 0 atom stereocenters. The maximum Gasteiger partial charge on any atom is 0.330 e. The Hall–Kier alpha value is -2.81. The average Bonchev–Trinajstić information content (AvgIpc) is 2.75. The summed E-state index contributed by atoms with van der Waals surface area (Å²) in [5, 5.41) is 0. The standard InChI is InChI=1S/C25H28O3/c1-2-25(26)28-17-9-4-3-8-16-27-24-15-14-21-12-13-22(18-23(21)19-24)20-10-6-5-7-11-20/h2,5-7,10-11,14-15,18-19H,1,3-4,8-9,12-13,16-17H2. The van der Waals surface area contributed by atoms with E-state index in [0.717, 1.165) is 44.3 Å². The van der Waals surface area contributed by atoms with Crippen LogP contribution in [0.1, 0.15) is 48.8 Å². The van der Waals surface area contributed by atoms with Gasteiger partial charge >= 0.3 is 5.97 Å². The predicted molar refractivity (Wildman–Crippen MR) is 114 cm³/mol. The van der Waals surface area contributed by atoms with Crippen molar-refractivity contribution < 1.29 is 14.3 Å². The van der Waals surface area contributed by atoms with Crippen LogP contribution in [0.25, 0.3) is 11.6 Å². The van der Waals surface area contributed by atoms with Gasteiger partial charge < -0.3 is 9.47 Å². The molecule has 0 spiro atoms. The van der Waals surface area contributed by atoms with Crippen molar-refractivity contribution in [2.24, 2.45) is 0 Å². The van der Waals surface area contributed by atoms with Gasteiger partial charge in [-0.2, -0.15) is 0 Å². The highest BCUT2D eigenvalue weighted by molar-refractivity contribution is 5.84. The smallest absolute Gasteiger partial charge is 0.330 e. The van der Waals surface area contributed by atoms with E-state index in [2.05, 4.69) is 61.2 Å². The molecule has 0 radical (unpaired) electrons. The molecule has 0 N–H and O–H groups in total. The van der Waals surface area contributed by atoms with E-state index in [4.69, 9.17) is 9.47 Å². The Kier molecular flexibility index (Phi) is 7.48. The van der Waals surface area contributed by atoms with Crippen LogP contribution in [-0.4, -0.2) is 19.2 Å². The summed E-state index contributed by atoms with van der Waals surface area (Å²) in [5.41, 5.74) is 5.35. The molecular formula is C25H28O3. The van der Waals surface area contributed by atoms with E-state index in [1.807, 2.05) is 0 Å². The monoisotopic (exact) mass is 376 g/mol. The van der Waals surface area contributed by atoms with Crippen LogP contribution in [-0.2, 0) is 16.0 Å². The van der Waals surface area contributed by atoms with Crippen LogP contribution in [0, 0.1) is 0 Å². The van der Waals surface area contributed by atoms with Crippen LogP contribution >= 0.6 is 0 Å². The van der Waals surface area contributed by atoms with Crippen molar-refractivity contribution in [3.05, 3.63) is 77.9 Å². The highest BCUT2D eigenvalue weighted by atomic mass is 16.5. The number of aryl methyl sites for hydroxylation is 1. The molecule has 1 aliphatic carbocycles. The molecule has 3 heteroatoms. The molecule has 3 rings (SSSR count). The third kappa shape index (κ3) is 5.85. The number of ether oxygens (including phenoxy) is 2. The fraction of sp³-hybridized carbons (Fsp3) is 0.320. The molecule has 0 bridgehead atoms. The van der Waals surface area contributed by atoms with Crippen molar-refractivity contribution in [1.82, 2.24) is 0 Å². The van der Waals surface area contributed by atoms with Gasteiger partial charge in [-0.25, -0.2) is 4.79 Å². The van der Waals surface area contributed by atoms with Crippen LogP contribution in [0.5, 0.6) is 5.75 Å². The summed E-state index contributed by atoms with van der Waals surface area (Å²) >= 11 is 0. The molecule has 0 unspecified atom stereocenters. The number of allylic oxidation sites excluding steroid dienone is 1. The van der Waals surface area contributed by atoms with Gasteiger partial charge in [0, 0.05) is 6.08 Å². The Labute approximate surface area is 167 Å². The van der Waals surface area contributed by atoms with Gasteiger partial charge in [0.1, 0.15) is 5.75 Å². The van der Waals surface area contributed by atoms with E-state index in [0.29, 0.717) is 13.2 Å². The lowest BCUT2D eigenvalue weighted by Gasteiger charge is -2.18. The molecule has 0 saturated heterocycles. The molecule has 0 heterocycles. The number of esters is 1. The number of rotatable bonds is 10. The largest absolute Gasteiger partial charge is 0.494 e. The van der Waals surface area contributed by atoms with Crippen LogP contribution in [0.2, 0.25) is 0 Å². The fourth-order valence-electron chi connectivity index (χ4n) is 3.41. The average molecular weight is 376 g/mol. The Morgan fingerprint density at radius 3 is 2.54 bits per heavy atom. The van der Waals surface area contributed by atoms with Gasteiger partial charge in [-0.05, 0) is 72.9 Å². The van der Waals surface area contributed by atoms with E-state index in [9.17, 15) is 4.79 Å². The minimum Gasteiger partial charge on any atom is -0.494 e. The summed E-state index contributed by atoms with van der Waals surface area (Å²) < 4.78 is 10.9. The van der Waals surface area contributed by atoms with Gasteiger partial charge in [-0.1, -0.05) is 49.1 Å². The number of hydrogen-bond acceptors (Lipinski definition) is 3. The van der Waals surface area contributed by atoms with Gasteiger partial charge in [0.2, 0.25) is 0 Å². The maximum atomic E-state index is 10.9. The summed E-state index contributed by atoms with van der Waals surface area (Å²) in [5.74, 6) is 0.587. The first kappa shape index (κ1) is 19.9. The first-order valence-corrected chi connectivity index (χ1v) is 10.1. The molecule has 1 aliphatic rings. The van der Waals surface area contributed by atoms with Crippen molar-refractivity contribution in [3.63, 3.8) is 0 Å². The normalized spacial score (nSPS) is 12.6. The second kappa shape index (κ2) is 10.5. The molecular weight excluding hydrogens is 348 g/mol. The van der Waals surface area contributed by atoms with Gasteiger partial charge in [0.15, 0.2) is 0 Å². The zero-order valence-electron chi connectivity index (χ0n) is 16.4. The summed E-state index contributed by atoms with van der Waals surface area (Å²) in [6, 6.07) is 17.0.